The molecule has 2 aromatic heterocycles. The zero-order valence-corrected chi connectivity index (χ0v) is 29.5. The molecule has 49 heavy (non-hydrogen) atoms. The van der Waals surface area contributed by atoms with Crippen molar-refractivity contribution in [3.05, 3.63) is 87.8 Å². The molecule has 260 valence electrons. The Balaban J connectivity index is 1.42. The fraction of sp³-hybridized carbons (Fsp3) is 0.361. The van der Waals surface area contributed by atoms with E-state index in [0.29, 0.717) is 46.2 Å². The number of fused-ring (bicyclic) bond motifs is 1. The van der Waals surface area contributed by atoms with Crippen molar-refractivity contribution in [2.75, 3.05) is 10.6 Å². The lowest BCUT2D eigenvalue weighted by Crippen LogP contribution is -2.26. The fourth-order valence-corrected chi connectivity index (χ4v) is 7.61. The number of aromatic hydroxyl groups is 1. The lowest BCUT2D eigenvalue weighted by molar-refractivity contribution is -0.144. The summed E-state index contributed by atoms with van der Waals surface area (Å²) in [5.74, 6) is -1.13. The molecule has 0 aliphatic carbocycles. The Morgan fingerprint density at radius 3 is 2.45 bits per heavy atom. The summed E-state index contributed by atoms with van der Waals surface area (Å²) in [6.45, 7) is 10.6. The summed E-state index contributed by atoms with van der Waals surface area (Å²) in [6, 6.07) is 13.5. The van der Waals surface area contributed by atoms with Crippen LogP contribution in [0.4, 0.5) is 33.2 Å². The molecule has 13 heteroatoms. The Morgan fingerprint density at radius 2 is 1.80 bits per heavy atom. The third-order valence-corrected chi connectivity index (χ3v) is 9.85. The van der Waals surface area contributed by atoms with E-state index >= 15 is 4.39 Å². The predicted molar refractivity (Wildman–Crippen MR) is 188 cm³/mol. The zero-order valence-electron chi connectivity index (χ0n) is 28.0. The Bertz CT molecular complexity index is 2000. The normalized spacial score (nSPS) is 12.9. The van der Waals surface area contributed by atoms with Crippen LogP contribution in [-0.2, 0) is 18.0 Å². The molecule has 0 aliphatic heterocycles. The Kier molecular flexibility index (Phi) is 10.3. The van der Waals surface area contributed by atoms with Gasteiger partial charge in [0, 0.05) is 28.4 Å². The van der Waals surface area contributed by atoms with Crippen molar-refractivity contribution in [1.82, 2.24) is 14.8 Å². The van der Waals surface area contributed by atoms with Crippen LogP contribution in [0.25, 0.3) is 21.5 Å². The van der Waals surface area contributed by atoms with Crippen LogP contribution in [0.3, 0.4) is 0 Å². The average Bonchev–Trinajstić information content (AvgIpc) is 3.63. The molecule has 0 fully saturated rings. The van der Waals surface area contributed by atoms with E-state index in [0.717, 1.165) is 32.6 Å². The number of phenolic OH excluding ortho intramolecular Hbond substituents is 1. The third kappa shape index (κ3) is 7.86. The van der Waals surface area contributed by atoms with Crippen molar-refractivity contribution in [3.8, 4) is 17.0 Å². The van der Waals surface area contributed by atoms with E-state index in [2.05, 4.69) is 20.7 Å². The van der Waals surface area contributed by atoms with Gasteiger partial charge in [-0.15, -0.1) is 0 Å². The van der Waals surface area contributed by atoms with Crippen LogP contribution < -0.4 is 10.6 Å². The van der Waals surface area contributed by atoms with E-state index < -0.39 is 35.2 Å². The van der Waals surface area contributed by atoms with Gasteiger partial charge in [-0.05, 0) is 92.0 Å². The molecule has 3 N–H and O–H groups in total. The SMILES string of the molecule is CCC(Cc1ccccc1NC(=O)Nc1nc2ccc(Cl)cc2s1)CC(C)(C)c1c(C)c(O)cc(F)c1-c1cc(C(F)(F)F)n(C(C)C)n1. The summed E-state index contributed by atoms with van der Waals surface area (Å²) >= 11 is 7.39. The number of benzene rings is 3. The standard InChI is InChI=1S/C36H38ClF4N5O2S/c1-7-21(14-22-10-8-9-11-25(22)42-33(48)44-34-43-26-13-12-23(37)15-29(26)49-34)18-35(5,6)32-20(4)28(47)16-24(38)31(32)27-17-30(36(39,40)41)46(45-27)19(2)3/h8-13,15-17,19,21,47H,7,14,18H2,1-6H3,(H2,42,43,44,48). The molecule has 2 heterocycles. The Hall–Kier alpha value is -4.16. The number of urea groups is 1. The van der Waals surface area contributed by atoms with Gasteiger partial charge in [-0.2, -0.15) is 18.3 Å². The number of carbonyl (C=O) groups is 1. The summed E-state index contributed by atoms with van der Waals surface area (Å²) in [7, 11) is 0. The fourth-order valence-electron chi connectivity index (χ4n) is 6.47. The average molecular weight is 716 g/mol. The first kappa shape index (κ1) is 36.1. The molecule has 0 bridgehead atoms. The molecular weight excluding hydrogens is 678 g/mol. The molecule has 0 radical (unpaired) electrons. The molecule has 0 saturated heterocycles. The number of aromatic nitrogens is 3. The first-order chi connectivity index (χ1) is 23.0. The molecule has 5 aromatic rings. The minimum absolute atomic E-state index is 0.00615. The van der Waals surface area contributed by atoms with Crippen molar-refractivity contribution in [2.45, 2.75) is 78.4 Å². The number of nitrogens with zero attached hydrogens (tertiary/aromatic N) is 3. The van der Waals surface area contributed by atoms with Gasteiger partial charge in [0.05, 0.1) is 15.9 Å². The topological polar surface area (TPSA) is 92.1 Å². The number of rotatable bonds is 10. The zero-order chi connectivity index (χ0) is 35.8. The maximum Gasteiger partial charge on any atom is 0.433 e. The van der Waals surface area contributed by atoms with E-state index in [4.69, 9.17) is 11.6 Å². The Morgan fingerprint density at radius 1 is 1.08 bits per heavy atom. The number of carbonyl (C=O) groups excluding carboxylic acids is 1. The highest BCUT2D eigenvalue weighted by molar-refractivity contribution is 7.22. The number of thiazole rings is 1. The number of anilines is 2. The number of hydrogen-bond acceptors (Lipinski definition) is 5. The van der Waals surface area contributed by atoms with Crippen molar-refractivity contribution < 1.29 is 27.5 Å². The minimum Gasteiger partial charge on any atom is -0.508 e. The smallest absolute Gasteiger partial charge is 0.433 e. The number of amides is 2. The van der Waals surface area contributed by atoms with Crippen LogP contribution in [-0.4, -0.2) is 25.9 Å². The summed E-state index contributed by atoms with van der Waals surface area (Å²) in [5, 5.41) is 21.6. The summed E-state index contributed by atoms with van der Waals surface area (Å²) < 4.78 is 59.4. The number of halogens is 5. The highest BCUT2D eigenvalue weighted by Gasteiger charge is 2.39. The van der Waals surface area contributed by atoms with Gasteiger partial charge in [0.1, 0.15) is 17.3 Å². The molecule has 7 nitrogen and oxygen atoms in total. The molecule has 1 atom stereocenters. The molecule has 3 aromatic carbocycles. The second-order valence-electron chi connectivity index (χ2n) is 13.1. The van der Waals surface area contributed by atoms with Gasteiger partial charge in [-0.25, -0.2) is 14.2 Å². The summed E-state index contributed by atoms with van der Waals surface area (Å²) in [5.41, 5.74) is 0.991. The van der Waals surface area contributed by atoms with Gasteiger partial charge < -0.3 is 10.4 Å². The summed E-state index contributed by atoms with van der Waals surface area (Å²) in [6.07, 6.45) is -2.94. The third-order valence-electron chi connectivity index (χ3n) is 8.68. The number of para-hydroxylation sites is 1. The van der Waals surface area contributed by atoms with E-state index in [9.17, 15) is 23.1 Å². The van der Waals surface area contributed by atoms with Crippen LogP contribution >= 0.6 is 22.9 Å². The molecule has 0 aliphatic rings. The van der Waals surface area contributed by atoms with Gasteiger partial charge in [0.15, 0.2) is 5.13 Å². The monoisotopic (exact) mass is 715 g/mol. The van der Waals surface area contributed by atoms with E-state index in [1.54, 1.807) is 45.0 Å². The van der Waals surface area contributed by atoms with E-state index in [1.165, 1.54) is 11.3 Å². The molecular formula is C36H38ClF4N5O2S. The van der Waals surface area contributed by atoms with Crippen LogP contribution in [0.1, 0.15) is 75.9 Å². The van der Waals surface area contributed by atoms with Gasteiger partial charge in [-0.1, -0.05) is 68.3 Å². The first-order valence-corrected chi connectivity index (χ1v) is 17.1. The van der Waals surface area contributed by atoms with E-state index in [-0.39, 0.29) is 22.9 Å². The van der Waals surface area contributed by atoms with Crippen molar-refractivity contribution in [3.63, 3.8) is 0 Å². The second-order valence-corrected chi connectivity index (χ2v) is 14.6. The van der Waals surface area contributed by atoms with Gasteiger partial charge >= 0.3 is 12.2 Å². The van der Waals surface area contributed by atoms with Crippen molar-refractivity contribution in [1.29, 1.82) is 0 Å². The quantitative estimate of drug-likeness (QED) is 0.126. The van der Waals surface area contributed by atoms with Crippen LogP contribution in [0, 0.1) is 18.7 Å². The molecule has 1 unspecified atom stereocenters. The predicted octanol–water partition coefficient (Wildman–Crippen LogP) is 11.1. The minimum atomic E-state index is -4.69. The highest BCUT2D eigenvalue weighted by Crippen LogP contribution is 2.45. The largest absolute Gasteiger partial charge is 0.508 e. The molecule has 5 rings (SSSR count). The van der Waals surface area contributed by atoms with Crippen molar-refractivity contribution >= 4 is 50.0 Å². The molecule has 2 amide bonds. The van der Waals surface area contributed by atoms with Gasteiger partial charge in [0.25, 0.3) is 0 Å². The van der Waals surface area contributed by atoms with Gasteiger partial charge in [0.2, 0.25) is 0 Å². The lowest BCUT2D eigenvalue weighted by atomic mass is 9.71. The highest BCUT2D eigenvalue weighted by atomic mass is 35.5. The van der Waals surface area contributed by atoms with E-state index in [1.807, 2.05) is 39.0 Å². The Labute approximate surface area is 291 Å². The number of hydrogen-bond donors (Lipinski definition) is 3. The van der Waals surface area contributed by atoms with Crippen molar-refractivity contribution in [2.24, 2.45) is 5.92 Å². The first-order valence-electron chi connectivity index (χ1n) is 15.9. The maximum absolute atomic E-state index is 15.8. The maximum atomic E-state index is 15.8. The molecule has 0 spiro atoms. The van der Waals surface area contributed by atoms with Crippen LogP contribution in [0.2, 0.25) is 5.02 Å². The lowest BCUT2D eigenvalue weighted by Gasteiger charge is -2.33. The number of alkyl halides is 3. The van der Waals surface area contributed by atoms with Gasteiger partial charge in [-0.3, -0.25) is 10.00 Å². The second kappa shape index (κ2) is 14.0. The summed E-state index contributed by atoms with van der Waals surface area (Å²) in [4.78, 5) is 17.5. The molecule has 0 saturated carbocycles. The van der Waals surface area contributed by atoms with Crippen LogP contribution in [0.5, 0.6) is 5.75 Å². The van der Waals surface area contributed by atoms with Crippen LogP contribution in [0.15, 0.2) is 54.6 Å². The number of phenols is 1. The number of nitrogens with one attached hydrogen (secondary N) is 2.